The molecular weight excluding hydrogens is 226 g/mol. The Morgan fingerprint density at radius 1 is 1.39 bits per heavy atom. The molecule has 1 heterocycles. The molecule has 1 aromatic heterocycles. The molecule has 2 rings (SSSR count). The van der Waals surface area contributed by atoms with Crippen LogP contribution < -0.4 is 5.32 Å². The molecule has 18 heavy (non-hydrogen) atoms. The van der Waals surface area contributed by atoms with Crippen molar-refractivity contribution < 1.29 is 5.11 Å². The maximum absolute atomic E-state index is 9.52. The second-order valence-electron chi connectivity index (χ2n) is 4.93. The molecule has 0 saturated heterocycles. The Bertz CT molecular complexity index is 529. The molecule has 98 valence electrons. The Hall–Kier alpha value is -1.39. The van der Waals surface area contributed by atoms with Gasteiger partial charge in [-0.25, -0.2) is 4.98 Å². The van der Waals surface area contributed by atoms with Crippen molar-refractivity contribution in [1.82, 2.24) is 14.9 Å². The standard InChI is InChI=1S/C14H21N3O/c1-4-13-16-11-7-5-6-8-12(11)17(13)9-14(2,10-18)15-3/h5-8,15,18H,4,9-10H2,1-3H3. The van der Waals surface area contributed by atoms with Crippen molar-refractivity contribution >= 4 is 11.0 Å². The predicted molar refractivity (Wildman–Crippen MR) is 73.7 cm³/mol. The summed E-state index contributed by atoms with van der Waals surface area (Å²) < 4.78 is 2.20. The van der Waals surface area contributed by atoms with E-state index in [1.807, 2.05) is 32.2 Å². The number of hydrogen-bond donors (Lipinski definition) is 2. The number of aliphatic hydroxyl groups is 1. The molecule has 0 spiro atoms. The van der Waals surface area contributed by atoms with E-state index in [1.54, 1.807) is 0 Å². The molecule has 2 N–H and O–H groups in total. The van der Waals surface area contributed by atoms with Crippen LogP contribution in [0, 0.1) is 0 Å². The molecule has 0 aliphatic rings. The lowest BCUT2D eigenvalue weighted by molar-refractivity contribution is 0.165. The van der Waals surface area contributed by atoms with Crippen LogP contribution in [0.4, 0.5) is 0 Å². The van der Waals surface area contributed by atoms with Gasteiger partial charge < -0.3 is 15.0 Å². The van der Waals surface area contributed by atoms with E-state index in [-0.39, 0.29) is 12.1 Å². The molecule has 4 heteroatoms. The van der Waals surface area contributed by atoms with Gasteiger partial charge in [0.1, 0.15) is 5.82 Å². The number of benzene rings is 1. The highest BCUT2D eigenvalue weighted by Crippen LogP contribution is 2.19. The first kappa shape index (κ1) is 13.1. The summed E-state index contributed by atoms with van der Waals surface area (Å²) in [5, 5.41) is 12.7. The van der Waals surface area contributed by atoms with Gasteiger partial charge in [-0.1, -0.05) is 19.1 Å². The molecule has 0 fully saturated rings. The summed E-state index contributed by atoms with van der Waals surface area (Å²) in [6.45, 7) is 4.93. The monoisotopic (exact) mass is 247 g/mol. The first-order valence-corrected chi connectivity index (χ1v) is 6.37. The molecule has 1 atom stereocenters. The van der Waals surface area contributed by atoms with Crippen LogP contribution in [0.25, 0.3) is 11.0 Å². The molecular formula is C14H21N3O. The topological polar surface area (TPSA) is 50.1 Å². The number of aryl methyl sites for hydroxylation is 1. The summed E-state index contributed by atoms with van der Waals surface area (Å²) in [6.07, 6.45) is 0.889. The molecule has 1 unspecified atom stereocenters. The van der Waals surface area contributed by atoms with Crippen LogP contribution in [0.3, 0.4) is 0 Å². The first-order chi connectivity index (χ1) is 8.63. The van der Waals surface area contributed by atoms with Crippen LogP contribution in [0.5, 0.6) is 0 Å². The third-order valence-corrected chi connectivity index (χ3v) is 3.51. The van der Waals surface area contributed by atoms with E-state index in [1.165, 1.54) is 0 Å². The lowest BCUT2D eigenvalue weighted by Gasteiger charge is -2.28. The zero-order chi connectivity index (χ0) is 13.2. The lowest BCUT2D eigenvalue weighted by Crippen LogP contribution is -2.47. The summed E-state index contributed by atoms with van der Waals surface area (Å²) >= 11 is 0. The zero-order valence-corrected chi connectivity index (χ0v) is 11.3. The third-order valence-electron chi connectivity index (χ3n) is 3.51. The van der Waals surface area contributed by atoms with E-state index in [2.05, 4.69) is 27.9 Å². The fourth-order valence-electron chi connectivity index (χ4n) is 2.13. The minimum Gasteiger partial charge on any atom is -0.394 e. The average Bonchev–Trinajstić information content (AvgIpc) is 2.76. The van der Waals surface area contributed by atoms with Crippen molar-refractivity contribution in [2.75, 3.05) is 13.7 Å². The molecule has 4 nitrogen and oxygen atoms in total. The number of nitrogens with zero attached hydrogens (tertiary/aromatic N) is 2. The van der Waals surface area contributed by atoms with Crippen molar-refractivity contribution in [3.05, 3.63) is 30.1 Å². The smallest absolute Gasteiger partial charge is 0.109 e. The number of nitrogens with one attached hydrogen (secondary N) is 1. The lowest BCUT2D eigenvalue weighted by atomic mass is 10.0. The summed E-state index contributed by atoms with van der Waals surface area (Å²) in [5.41, 5.74) is 1.82. The number of hydrogen-bond acceptors (Lipinski definition) is 3. The largest absolute Gasteiger partial charge is 0.394 e. The Kier molecular flexibility index (Phi) is 3.68. The maximum Gasteiger partial charge on any atom is 0.109 e. The Morgan fingerprint density at radius 3 is 2.72 bits per heavy atom. The van der Waals surface area contributed by atoms with Crippen molar-refractivity contribution in [1.29, 1.82) is 0 Å². The number of aliphatic hydroxyl groups excluding tert-OH is 1. The highest BCUT2D eigenvalue weighted by Gasteiger charge is 2.23. The summed E-state index contributed by atoms with van der Waals surface area (Å²) in [6, 6.07) is 8.13. The molecule has 0 radical (unpaired) electrons. The number of aromatic nitrogens is 2. The second kappa shape index (κ2) is 5.08. The van der Waals surface area contributed by atoms with E-state index >= 15 is 0 Å². The molecule has 0 aliphatic heterocycles. The summed E-state index contributed by atoms with van der Waals surface area (Å²) in [5.74, 6) is 1.06. The first-order valence-electron chi connectivity index (χ1n) is 6.37. The SMILES string of the molecule is CCc1nc2ccccc2n1CC(C)(CO)NC. The van der Waals surface area contributed by atoms with Crippen LogP contribution in [-0.4, -0.2) is 33.9 Å². The van der Waals surface area contributed by atoms with Crippen LogP contribution in [0.2, 0.25) is 0 Å². The number of fused-ring (bicyclic) bond motifs is 1. The van der Waals surface area contributed by atoms with E-state index in [9.17, 15) is 5.11 Å². The van der Waals surface area contributed by atoms with Gasteiger partial charge in [0.2, 0.25) is 0 Å². The Morgan fingerprint density at radius 2 is 2.11 bits per heavy atom. The Labute approximate surface area is 108 Å². The van der Waals surface area contributed by atoms with Gasteiger partial charge >= 0.3 is 0 Å². The van der Waals surface area contributed by atoms with E-state index < -0.39 is 0 Å². The van der Waals surface area contributed by atoms with Crippen molar-refractivity contribution in [3.63, 3.8) is 0 Å². The number of likely N-dealkylation sites (N-methyl/N-ethyl adjacent to an activating group) is 1. The molecule has 0 saturated carbocycles. The van der Waals surface area contributed by atoms with Gasteiger partial charge in [0.25, 0.3) is 0 Å². The van der Waals surface area contributed by atoms with Crippen molar-refractivity contribution in [2.24, 2.45) is 0 Å². The van der Waals surface area contributed by atoms with E-state index in [0.717, 1.165) is 23.3 Å². The molecule has 0 aliphatic carbocycles. The van der Waals surface area contributed by atoms with Gasteiger partial charge in [-0.15, -0.1) is 0 Å². The van der Waals surface area contributed by atoms with Gasteiger partial charge in [0, 0.05) is 13.0 Å². The predicted octanol–water partition coefficient (Wildman–Crippen LogP) is 1.57. The van der Waals surface area contributed by atoms with Gasteiger partial charge in [-0.2, -0.15) is 0 Å². The average molecular weight is 247 g/mol. The number of para-hydroxylation sites is 2. The molecule has 0 bridgehead atoms. The maximum atomic E-state index is 9.52. The van der Waals surface area contributed by atoms with Crippen LogP contribution in [0.15, 0.2) is 24.3 Å². The van der Waals surface area contributed by atoms with Crippen molar-refractivity contribution in [3.8, 4) is 0 Å². The van der Waals surface area contributed by atoms with Crippen LogP contribution in [-0.2, 0) is 13.0 Å². The third kappa shape index (κ3) is 2.26. The minimum absolute atomic E-state index is 0.0964. The van der Waals surface area contributed by atoms with Gasteiger partial charge in [-0.3, -0.25) is 0 Å². The molecule has 2 aromatic rings. The van der Waals surface area contributed by atoms with Crippen LogP contribution >= 0.6 is 0 Å². The highest BCUT2D eigenvalue weighted by atomic mass is 16.3. The Balaban J connectivity index is 2.48. The number of rotatable bonds is 5. The fraction of sp³-hybridized carbons (Fsp3) is 0.500. The highest BCUT2D eigenvalue weighted by molar-refractivity contribution is 5.75. The van der Waals surface area contributed by atoms with Crippen LogP contribution in [0.1, 0.15) is 19.7 Å². The van der Waals surface area contributed by atoms with Crippen molar-refractivity contribution in [2.45, 2.75) is 32.4 Å². The quantitative estimate of drug-likeness (QED) is 0.843. The van der Waals surface area contributed by atoms with E-state index in [0.29, 0.717) is 6.54 Å². The summed E-state index contributed by atoms with van der Waals surface area (Å²) in [7, 11) is 1.88. The van der Waals surface area contributed by atoms with E-state index in [4.69, 9.17) is 0 Å². The number of imidazole rings is 1. The summed E-state index contributed by atoms with van der Waals surface area (Å²) in [4.78, 5) is 4.64. The fourth-order valence-corrected chi connectivity index (χ4v) is 2.13. The second-order valence-corrected chi connectivity index (χ2v) is 4.93. The van der Waals surface area contributed by atoms with Gasteiger partial charge in [-0.05, 0) is 26.1 Å². The minimum atomic E-state index is -0.326. The zero-order valence-electron chi connectivity index (χ0n) is 11.3. The normalized spacial score (nSPS) is 14.9. The van der Waals surface area contributed by atoms with Gasteiger partial charge in [0.15, 0.2) is 0 Å². The molecule has 1 aromatic carbocycles. The molecule has 0 amide bonds. The van der Waals surface area contributed by atoms with Gasteiger partial charge in [0.05, 0.1) is 23.2 Å².